The summed E-state index contributed by atoms with van der Waals surface area (Å²) >= 11 is 0. The Morgan fingerprint density at radius 3 is 2.81 bits per heavy atom. The van der Waals surface area contributed by atoms with Crippen LogP contribution in [0.15, 0.2) is 34.0 Å². The van der Waals surface area contributed by atoms with Crippen LogP contribution in [0.5, 0.6) is 0 Å². The van der Waals surface area contributed by atoms with Gasteiger partial charge < -0.3 is 11.1 Å². The number of anilines is 2. The Kier molecular flexibility index (Phi) is 3.88. The number of aromatic amines is 1. The van der Waals surface area contributed by atoms with Crippen LogP contribution >= 0.6 is 0 Å². The molecule has 4 N–H and O–H groups in total. The topological polar surface area (TPSA) is 110 Å². The molecule has 1 amide bonds. The second kappa shape index (κ2) is 5.61. The van der Waals surface area contributed by atoms with Crippen molar-refractivity contribution in [2.24, 2.45) is 0 Å². The number of rotatable bonds is 3. The Morgan fingerprint density at radius 2 is 2.14 bits per heavy atom. The fraction of sp³-hybridized carbons (Fsp3) is 0.154. The second-order valence-electron chi connectivity index (χ2n) is 4.49. The number of halogens is 1. The van der Waals surface area contributed by atoms with Crippen LogP contribution in [0.2, 0.25) is 0 Å². The fourth-order valence-electron chi connectivity index (χ4n) is 1.77. The standard InChI is InChI=1S/C13H13FN4O3/c1-7-4-8(15)2-3-10(7)16-11(19)6-18-5-9(14)12(20)17-13(18)21/h2-5H,6,15H2,1H3,(H,16,19)(H,17,20,21). The fourth-order valence-corrected chi connectivity index (χ4v) is 1.77. The average molecular weight is 292 g/mol. The maximum atomic E-state index is 13.1. The molecule has 0 aliphatic heterocycles. The molecule has 2 rings (SSSR count). The van der Waals surface area contributed by atoms with Gasteiger partial charge in [-0.1, -0.05) is 0 Å². The molecule has 21 heavy (non-hydrogen) atoms. The van der Waals surface area contributed by atoms with Crippen LogP contribution in [0.1, 0.15) is 5.56 Å². The van der Waals surface area contributed by atoms with Crippen molar-refractivity contribution in [2.45, 2.75) is 13.5 Å². The second-order valence-corrected chi connectivity index (χ2v) is 4.49. The number of hydrogen-bond acceptors (Lipinski definition) is 4. The summed E-state index contributed by atoms with van der Waals surface area (Å²) in [6.07, 6.45) is 0.691. The highest BCUT2D eigenvalue weighted by atomic mass is 19.1. The lowest BCUT2D eigenvalue weighted by Crippen LogP contribution is -2.34. The Hall–Kier alpha value is -2.90. The molecule has 0 unspecified atom stereocenters. The lowest BCUT2D eigenvalue weighted by atomic mass is 10.2. The van der Waals surface area contributed by atoms with Crippen LogP contribution in [0.25, 0.3) is 0 Å². The minimum absolute atomic E-state index is 0.420. The Bertz CT molecular complexity index is 810. The number of carbonyl (C=O) groups excluding carboxylic acids is 1. The van der Waals surface area contributed by atoms with E-state index in [4.69, 9.17) is 5.73 Å². The summed E-state index contributed by atoms with van der Waals surface area (Å²) in [6, 6.07) is 4.93. The van der Waals surface area contributed by atoms with Gasteiger partial charge in [-0.2, -0.15) is 4.39 Å². The number of benzene rings is 1. The van der Waals surface area contributed by atoms with E-state index < -0.39 is 29.5 Å². The molecule has 1 aromatic carbocycles. The Labute approximate surface area is 118 Å². The molecule has 0 spiro atoms. The predicted octanol–water partition coefficient (Wildman–Crippen LogP) is 0.205. The molecule has 2 aromatic rings. The van der Waals surface area contributed by atoms with Crippen LogP contribution in [0.3, 0.4) is 0 Å². The van der Waals surface area contributed by atoms with Crippen molar-refractivity contribution in [3.05, 3.63) is 56.6 Å². The van der Waals surface area contributed by atoms with Gasteiger partial charge in [-0.15, -0.1) is 0 Å². The van der Waals surface area contributed by atoms with E-state index in [9.17, 15) is 18.8 Å². The SMILES string of the molecule is Cc1cc(N)ccc1NC(=O)Cn1cc(F)c(=O)[nH]c1=O. The first-order valence-corrected chi connectivity index (χ1v) is 6.02. The zero-order chi connectivity index (χ0) is 15.6. The van der Waals surface area contributed by atoms with E-state index in [1.807, 2.05) is 0 Å². The maximum Gasteiger partial charge on any atom is 0.328 e. The number of amides is 1. The molecule has 0 aliphatic carbocycles. The van der Waals surface area contributed by atoms with Crippen LogP contribution < -0.4 is 22.3 Å². The quantitative estimate of drug-likeness (QED) is 0.702. The van der Waals surface area contributed by atoms with Gasteiger partial charge in [0.05, 0.1) is 6.20 Å². The third kappa shape index (κ3) is 3.35. The summed E-state index contributed by atoms with van der Waals surface area (Å²) in [5, 5.41) is 2.58. The van der Waals surface area contributed by atoms with Gasteiger partial charge in [-0.3, -0.25) is 19.1 Å². The summed E-state index contributed by atoms with van der Waals surface area (Å²) in [7, 11) is 0. The largest absolute Gasteiger partial charge is 0.399 e. The van der Waals surface area contributed by atoms with Gasteiger partial charge in [-0.05, 0) is 30.7 Å². The molecular weight excluding hydrogens is 279 g/mol. The predicted molar refractivity (Wildman–Crippen MR) is 75.5 cm³/mol. The smallest absolute Gasteiger partial charge is 0.328 e. The maximum absolute atomic E-state index is 13.1. The van der Waals surface area contributed by atoms with Crippen molar-refractivity contribution in [2.75, 3.05) is 11.1 Å². The number of nitrogen functional groups attached to an aromatic ring is 1. The minimum atomic E-state index is -1.13. The highest BCUT2D eigenvalue weighted by molar-refractivity contribution is 5.91. The summed E-state index contributed by atoms with van der Waals surface area (Å²) in [4.78, 5) is 36.0. The van der Waals surface area contributed by atoms with Gasteiger partial charge in [0, 0.05) is 11.4 Å². The molecule has 0 aliphatic rings. The third-order valence-electron chi connectivity index (χ3n) is 2.81. The number of aromatic nitrogens is 2. The van der Waals surface area contributed by atoms with E-state index in [0.29, 0.717) is 17.6 Å². The third-order valence-corrected chi connectivity index (χ3v) is 2.81. The normalized spacial score (nSPS) is 10.4. The molecule has 7 nitrogen and oxygen atoms in total. The first-order chi connectivity index (χ1) is 9.86. The monoisotopic (exact) mass is 292 g/mol. The molecule has 8 heteroatoms. The van der Waals surface area contributed by atoms with Gasteiger partial charge in [0.1, 0.15) is 6.54 Å². The molecule has 0 saturated carbocycles. The zero-order valence-corrected chi connectivity index (χ0v) is 11.1. The van der Waals surface area contributed by atoms with Gasteiger partial charge in [0.2, 0.25) is 11.7 Å². The molecule has 1 aromatic heterocycles. The van der Waals surface area contributed by atoms with E-state index in [1.165, 1.54) is 0 Å². The van der Waals surface area contributed by atoms with Gasteiger partial charge in [-0.25, -0.2) is 4.79 Å². The highest BCUT2D eigenvalue weighted by Crippen LogP contribution is 2.17. The lowest BCUT2D eigenvalue weighted by molar-refractivity contribution is -0.116. The van der Waals surface area contributed by atoms with Crippen molar-refractivity contribution in [3.63, 3.8) is 0 Å². The lowest BCUT2D eigenvalue weighted by Gasteiger charge is -2.10. The van der Waals surface area contributed by atoms with Crippen molar-refractivity contribution in [3.8, 4) is 0 Å². The van der Waals surface area contributed by atoms with Crippen molar-refractivity contribution in [1.82, 2.24) is 9.55 Å². The summed E-state index contributed by atoms with van der Waals surface area (Å²) in [5.41, 5.74) is 5.47. The van der Waals surface area contributed by atoms with Crippen LogP contribution in [-0.2, 0) is 11.3 Å². The minimum Gasteiger partial charge on any atom is -0.399 e. The number of nitrogens with zero attached hydrogens (tertiary/aromatic N) is 1. The van der Waals surface area contributed by atoms with Crippen LogP contribution in [-0.4, -0.2) is 15.5 Å². The van der Waals surface area contributed by atoms with Crippen molar-refractivity contribution >= 4 is 17.3 Å². The number of nitrogens with two attached hydrogens (primary N) is 1. The van der Waals surface area contributed by atoms with E-state index in [-0.39, 0.29) is 0 Å². The number of nitrogens with one attached hydrogen (secondary N) is 2. The van der Waals surface area contributed by atoms with Crippen LogP contribution in [0.4, 0.5) is 15.8 Å². The number of aryl methyl sites for hydroxylation is 1. The van der Waals surface area contributed by atoms with E-state index in [1.54, 1.807) is 30.1 Å². The molecule has 0 fully saturated rings. The average Bonchev–Trinajstić information content (AvgIpc) is 2.39. The highest BCUT2D eigenvalue weighted by Gasteiger charge is 2.09. The van der Waals surface area contributed by atoms with Crippen molar-refractivity contribution < 1.29 is 9.18 Å². The number of hydrogen-bond donors (Lipinski definition) is 3. The summed E-state index contributed by atoms with van der Waals surface area (Å²) in [5.74, 6) is -1.66. The van der Waals surface area contributed by atoms with Crippen molar-refractivity contribution in [1.29, 1.82) is 0 Å². The van der Waals surface area contributed by atoms with Gasteiger partial charge in [0.25, 0.3) is 5.56 Å². The van der Waals surface area contributed by atoms with Gasteiger partial charge in [0.15, 0.2) is 0 Å². The van der Waals surface area contributed by atoms with E-state index in [0.717, 1.165) is 10.1 Å². The molecule has 0 bridgehead atoms. The van der Waals surface area contributed by atoms with E-state index >= 15 is 0 Å². The van der Waals surface area contributed by atoms with Crippen LogP contribution in [0, 0.1) is 12.7 Å². The first kappa shape index (κ1) is 14.5. The molecule has 0 atom stereocenters. The molecule has 1 heterocycles. The number of H-pyrrole nitrogens is 1. The summed E-state index contributed by atoms with van der Waals surface area (Å²) in [6.45, 7) is 1.34. The zero-order valence-electron chi connectivity index (χ0n) is 11.1. The summed E-state index contributed by atoms with van der Waals surface area (Å²) < 4.78 is 13.9. The number of carbonyl (C=O) groups is 1. The molecule has 110 valence electrons. The molecule has 0 saturated heterocycles. The van der Waals surface area contributed by atoms with Gasteiger partial charge >= 0.3 is 5.69 Å². The molecule has 0 radical (unpaired) electrons. The molecular formula is C13H13FN4O3. The first-order valence-electron chi connectivity index (χ1n) is 6.02. The van der Waals surface area contributed by atoms with E-state index in [2.05, 4.69) is 5.32 Å². The Balaban J connectivity index is 2.17. The Morgan fingerprint density at radius 1 is 1.43 bits per heavy atom.